The predicted octanol–water partition coefficient (Wildman–Crippen LogP) is -0.0323. The second-order valence-electron chi connectivity index (χ2n) is 4.56. The van der Waals surface area contributed by atoms with E-state index in [0.717, 1.165) is 12.3 Å². The topological polar surface area (TPSA) is 149 Å². The van der Waals surface area contributed by atoms with E-state index < -0.39 is 16.9 Å². The van der Waals surface area contributed by atoms with Crippen molar-refractivity contribution in [3.63, 3.8) is 0 Å². The molecule has 22 heavy (non-hydrogen) atoms. The molecule has 1 amide bonds. The number of amides is 1. The first-order valence-corrected chi connectivity index (χ1v) is 6.23. The molecule has 0 saturated carbocycles. The van der Waals surface area contributed by atoms with Crippen molar-refractivity contribution in [2.24, 2.45) is 12.8 Å². The smallest absolute Gasteiger partial charge is 0.288 e. The zero-order valence-corrected chi connectivity index (χ0v) is 11.6. The summed E-state index contributed by atoms with van der Waals surface area (Å²) in [5.74, 6) is -0.782. The summed E-state index contributed by atoms with van der Waals surface area (Å²) in [6.45, 7) is 0.0385. The van der Waals surface area contributed by atoms with Crippen LogP contribution in [-0.4, -0.2) is 37.2 Å². The van der Waals surface area contributed by atoms with Crippen LogP contribution in [0.15, 0.2) is 24.7 Å². The van der Waals surface area contributed by atoms with Gasteiger partial charge in [-0.3, -0.25) is 19.6 Å². The van der Waals surface area contributed by atoms with Crippen molar-refractivity contribution in [3.05, 3.63) is 45.9 Å². The number of nitro groups is 1. The zero-order valence-electron chi connectivity index (χ0n) is 11.6. The van der Waals surface area contributed by atoms with Gasteiger partial charge in [-0.2, -0.15) is 5.10 Å². The fourth-order valence-corrected chi connectivity index (χ4v) is 1.81. The van der Waals surface area contributed by atoms with Crippen LogP contribution in [0, 0.1) is 10.1 Å². The number of aryl methyl sites for hydroxylation is 1. The van der Waals surface area contributed by atoms with Gasteiger partial charge < -0.3 is 16.2 Å². The molecule has 0 spiro atoms. The van der Waals surface area contributed by atoms with Crippen molar-refractivity contribution in [1.29, 1.82) is 0 Å². The second-order valence-corrected chi connectivity index (χ2v) is 4.56. The molecule has 0 fully saturated rings. The highest BCUT2D eigenvalue weighted by Crippen LogP contribution is 2.20. The van der Waals surface area contributed by atoms with E-state index in [1.54, 1.807) is 13.2 Å². The van der Waals surface area contributed by atoms with Gasteiger partial charge >= 0.3 is 0 Å². The lowest BCUT2D eigenvalue weighted by Gasteiger charge is -2.12. The summed E-state index contributed by atoms with van der Waals surface area (Å²) >= 11 is 0. The quantitative estimate of drug-likeness (QED) is 0.501. The van der Waals surface area contributed by atoms with Gasteiger partial charge in [0.2, 0.25) is 0 Å². The Hall–Kier alpha value is -3.01. The van der Waals surface area contributed by atoms with E-state index in [9.17, 15) is 20.0 Å². The molecule has 116 valence electrons. The minimum atomic E-state index is -0.883. The van der Waals surface area contributed by atoms with Crippen LogP contribution in [0.5, 0.6) is 0 Å². The Morgan fingerprint density at radius 1 is 1.59 bits per heavy atom. The predicted molar refractivity (Wildman–Crippen MR) is 76.1 cm³/mol. The van der Waals surface area contributed by atoms with Crippen LogP contribution in [0.2, 0.25) is 0 Å². The normalized spacial score (nSPS) is 11.9. The average Bonchev–Trinajstić information content (AvgIpc) is 2.91. The Labute approximate surface area is 124 Å². The molecule has 10 nitrogen and oxygen atoms in total. The maximum atomic E-state index is 11.4. The van der Waals surface area contributed by atoms with Crippen LogP contribution in [0.3, 0.4) is 0 Å². The molecule has 1 unspecified atom stereocenters. The van der Waals surface area contributed by atoms with Crippen LogP contribution >= 0.6 is 0 Å². The van der Waals surface area contributed by atoms with Gasteiger partial charge in [-0.05, 0) is 0 Å². The van der Waals surface area contributed by atoms with Gasteiger partial charge in [0.1, 0.15) is 12.0 Å². The highest BCUT2D eigenvalue weighted by atomic mass is 16.6. The summed E-state index contributed by atoms with van der Waals surface area (Å²) in [7, 11) is 1.72. The third-order valence-electron chi connectivity index (χ3n) is 2.92. The molecule has 10 heteroatoms. The Morgan fingerprint density at radius 2 is 2.32 bits per heavy atom. The van der Waals surface area contributed by atoms with Gasteiger partial charge in [-0.15, -0.1) is 0 Å². The molecular weight excluding hydrogens is 292 g/mol. The third-order valence-corrected chi connectivity index (χ3v) is 2.92. The highest BCUT2D eigenvalue weighted by molar-refractivity contribution is 5.98. The fourth-order valence-electron chi connectivity index (χ4n) is 1.81. The van der Waals surface area contributed by atoms with Gasteiger partial charge in [-0.25, -0.2) is 4.98 Å². The maximum absolute atomic E-state index is 11.4. The number of primary amides is 1. The highest BCUT2D eigenvalue weighted by Gasteiger charge is 2.17. The van der Waals surface area contributed by atoms with E-state index in [2.05, 4.69) is 15.4 Å². The number of aliphatic hydroxyl groups is 1. The second kappa shape index (κ2) is 6.18. The lowest BCUT2D eigenvalue weighted by molar-refractivity contribution is -0.385. The number of nitrogens with two attached hydrogens (primary N) is 1. The molecule has 2 aromatic rings. The maximum Gasteiger partial charge on any atom is 0.288 e. The van der Waals surface area contributed by atoms with Crippen LogP contribution in [0.4, 0.5) is 11.5 Å². The summed E-state index contributed by atoms with van der Waals surface area (Å²) in [5, 5.41) is 27.4. The number of hydrogen-bond donors (Lipinski definition) is 3. The number of nitrogens with one attached hydrogen (secondary N) is 1. The zero-order chi connectivity index (χ0) is 16.3. The van der Waals surface area contributed by atoms with E-state index in [1.165, 1.54) is 10.9 Å². The molecule has 0 aliphatic rings. The largest absolute Gasteiger partial charge is 0.386 e. The summed E-state index contributed by atoms with van der Waals surface area (Å²) in [6, 6.07) is 1.04. The Morgan fingerprint density at radius 3 is 2.86 bits per heavy atom. The van der Waals surface area contributed by atoms with E-state index in [1.807, 2.05) is 0 Å². The number of aliphatic hydroxyl groups excluding tert-OH is 1. The Balaban J connectivity index is 2.15. The summed E-state index contributed by atoms with van der Waals surface area (Å²) in [4.78, 5) is 25.2. The monoisotopic (exact) mass is 306 g/mol. The first kappa shape index (κ1) is 15.4. The van der Waals surface area contributed by atoms with Crippen LogP contribution in [0.25, 0.3) is 0 Å². The minimum absolute atomic E-state index is 0.0385. The number of pyridine rings is 1. The van der Waals surface area contributed by atoms with E-state index >= 15 is 0 Å². The molecule has 2 aromatic heterocycles. The Kier molecular flexibility index (Phi) is 4.32. The van der Waals surface area contributed by atoms with Crippen LogP contribution in [0.1, 0.15) is 22.0 Å². The van der Waals surface area contributed by atoms with Crippen molar-refractivity contribution in [2.75, 3.05) is 11.9 Å². The molecule has 2 rings (SSSR count). The molecular formula is C12H14N6O4. The molecule has 0 bridgehead atoms. The molecule has 2 heterocycles. The molecule has 4 N–H and O–H groups in total. The number of aromatic nitrogens is 3. The standard InChI is InChI=1S/C12H14N6O4/c1-17-6-7(3-16-17)10(19)5-15-12-9(11(13)20)2-8(4-14-12)18(21)22/h2-4,6,10,19H,5H2,1H3,(H2,13,20)(H,14,15). The summed E-state index contributed by atoms with van der Waals surface area (Å²) < 4.78 is 1.54. The fraction of sp³-hybridized carbons (Fsp3) is 0.250. The summed E-state index contributed by atoms with van der Waals surface area (Å²) in [5.41, 5.74) is 5.31. The minimum Gasteiger partial charge on any atom is -0.386 e. The van der Waals surface area contributed by atoms with Gasteiger partial charge in [0.05, 0.1) is 22.8 Å². The molecule has 0 radical (unpaired) electrons. The van der Waals surface area contributed by atoms with Crippen LogP contribution in [-0.2, 0) is 7.05 Å². The molecule has 1 atom stereocenters. The van der Waals surface area contributed by atoms with Gasteiger partial charge in [-0.1, -0.05) is 0 Å². The third kappa shape index (κ3) is 3.35. The number of hydrogen-bond acceptors (Lipinski definition) is 7. The van der Waals surface area contributed by atoms with Crippen molar-refractivity contribution in [3.8, 4) is 0 Å². The van der Waals surface area contributed by atoms with E-state index in [4.69, 9.17) is 5.73 Å². The number of rotatable bonds is 6. The van der Waals surface area contributed by atoms with Crippen molar-refractivity contribution in [2.45, 2.75) is 6.10 Å². The molecule has 0 aliphatic heterocycles. The molecule has 0 saturated heterocycles. The lowest BCUT2D eigenvalue weighted by atomic mass is 10.2. The first-order chi connectivity index (χ1) is 10.4. The van der Waals surface area contributed by atoms with E-state index in [-0.39, 0.29) is 23.6 Å². The SMILES string of the molecule is Cn1cc(C(O)CNc2ncc([N+](=O)[O-])cc2C(N)=O)cn1. The van der Waals surface area contributed by atoms with Gasteiger partial charge in [0.25, 0.3) is 11.6 Å². The Bertz CT molecular complexity index is 713. The number of nitrogens with zero attached hydrogens (tertiary/aromatic N) is 4. The number of anilines is 1. The van der Waals surface area contributed by atoms with E-state index in [0.29, 0.717) is 5.56 Å². The van der Waals surface area contributed by atoms with Crippen molar-refractivity contribution >= 4 is 17.4 Å². The molecule has 0 aromatic carbocycles. The van der Waals surface area contributed by atoms with Gasteiger partial charge in [0, 0.05) is 31.4 Å². The number of carbonyl (C=O) groups excluding carboxylic acids is 1. The average molecular weight is 306 g/mol. The lowest BCUT2D eigenvalue weighted by Crippen LogP contribution is -2.19. The first-order valence-electron chi connectivity index (χ1n) is 6.23. The molecule has 0 aliphatic carbocycles. The van der Waals surface area contributed by atoms with Crippen molar-refractivity contribution < 1.29 is 14.8 Å². The van der Waals surface area contributed by atoms with Crippen LogP contribution < -0.4 is 11.1 Å². The number of carbonyl (C=O) groups is 1. The summed E-state index contributed by atoms with van der Waals surface area (Å²) in [6.07, 6.45) is 3.27. The van der Waals surface area contributed by atoms with Crippen molar-refractivity contribution in [1.82, 2.24) is 14.8 Å². The van der Waals surface area contributed by atoms with Gasteiger partial charge in [0.15, 0.2) is 0 Å².